The minimum absolute atomic E-state index is 0.0450. The molecule has 2 rings (SSSR count). The van der Waals surface area contributed by atoms with Crippen molar-refractivity contribution in [2.75, 3.05) is 20.2 Å². The van der Waals surface area contributed by atoms with Gasteiger partial charge in [0.05, 0.1) is 24.3 Å². The number of nitrogens with zero attached hydrogens (tertiary/aromatic N) is 3. The molecule has 1 aliphatic rings. The Hall–Kier alpha value is -1.85. The third-order valence-corrected chi connectivity index (χ3v) is 3.48. The van der Waals surface area contributed by atoms with Gasteiger partial charge >= 0.3 is 5.97 Å². The molecule has 6 nitrogen and oxygen atoms in total. The SMILES string of the molecule is CCc1nn(C)cc1C(=O)N1CCC(C(=O)OC)C1. The molecule has 1 atom stereocenters. The van der Waals surface area contributed by atoms with Gasteiger partial charge in [0.25, 0.3) is 5.91 Å². The minimum Gasteiger partial charge on any atom is -0.469 e. The molecule has 1 aromatic heterocycles. The fourth-order valence-electron chi connectivity index (χ4n) is 2.45. The van der Waals surface area contributed by atoms with E-state index in [4.69, 9.17) is 4.74 Å². The van der Waals surface area contributed by atoms with Crippen molar-refractivity contribution in [1.82, 2.24) is 14.7 Å². The normalized spacial score (nSPS) is 18.7. The number of hydrogen-bond acceptors (Lipinski definition) is 4. The molecular weight excluding hydrogens is 246 g/mol. The lowest BCUT2D eigenvalue weighted by Crippen LogP contribution is -2.30. The number of esters is 1. The summed E-state index contributed by atoms with van der Waals surface area (Å²) in [7, 11) is 3.18. The lowest BCUT2D eigenvalue weighted by molar-refractivity contribution is -0.144. The first-order valence-electron chi connectivity index (χ1n) is 6.46. The van der Waals surface area contributed by atoms with Gasteiger partial charge < -0.3 is 9.64 Å². The van der Waals surface area contributed by atoms with Crippen molar-refractivity contribution < 1.29 is 14.3 Å². The number of rotatable bonds is 3. The maximum atomic E-state index is 12.4. The minimum atomic E-state index is -0.239. The summed E-state index contributed by atoms with van der Waals surface area (Å²) in [4.78, 5) is 25.6. The average Bonchev–Trinajstić information content (AvgIpc) is 3.03. The lowest BCUT2D eigenvalue weighted by atomic mass is 10.1. The van der Waals surface area contributed by atoms with Crippen LogP contribution in [0.15, 0.2) is 6.20 Å². The van der Waals surface area contributed by atoms with Crippen LogP contribution in [0.1, 0.15) is 29.4 Å². The van der Waals surface area contributed by atoms with E-state index in [1.807, 2.05) is 6.92 Å². The molecule has 1 aromatic rings. The summed E-state index contributed by atoms with van der Waals surface area (Å²) < 4.78 is 6.38. The molecule has 6 heteroatoms. The Kier molecular flexibility index (Phi) is 3.87. The van der Waals surface area contributed by atoms with Gasteiger partial charge in [0.15, 0.2) is 0 Å². The number of methoxy groups -OCH3 is 1. The molecule has 1 aliphatic heterocycles. The predicted molar refractivity (Wildman–Crippen MR) is 68.6 cm³/mol. The van der Waals surface area contributed by atoms with Crippen molar-refractivity contribution in [3.8, 4) is 0 Å². The molecule has 1 fully saturated rings. The van der Waals surface area contributed by atoms with Crippen LogP contribution in [0.5, 0.6) is 0 Å². The molecule has 1 unspecified atom stereocenters. The maximum absolute atomic E-state index is 12.4. The molecule has 0 aliphatic carbocycles. The number of amides is 1. The molecule has 19 heavy (non-hydrogen) atoms. The molecule has 0 aromatic carbocycles. The first-order valence-corrected chi connectivity index (χ1v) is 6.46. The Morgan fingerprint density at radius 1 is 1.53 bits per heavy atom. The highest BCUT2D eigenvalue weighted by Gasteiger charge is 2.33. The maximum Gasteiger partial charge on any atom is 0.310 e. The van der Waals surface area contributed by atoms with Gasteiger partial charge in [0.1, 0.15) is 0 Å². The van der Waals surface area contributed by atoms with Crippen molar-refractivity contribution in [1.29, 1.82) is 0 Å². The van der Waals surface area contributed by atoms with E-state index < -0.39 is 0 Å². The van der Waals surface area contributed by atoms with Crippen LogP contribution in [0.3, 0.4) is 0 Å². The Bertz CT molecular complexity index is 495. The summed E-state index contributed by atoms with van der Waals surface area (Å²) in [6.07, 6.45) is 3.13. The van der Waals surface area contributed by atoms with E-state index in [1.54, 1.807) is 22.8 Å². The van der Waals surface area contributed by atoms with E-state index in [1.165, 1.54) is 7.11 Å². The van der Waals surface area contributed by atoms with Crippen molar-refractivity contribution in [3.05, 3.63) is 17.5 Å². The molecule has 0 radical (unpaired) electrons. The predicted octanol–water partition coefficient (Wildman–Crippen LogP) is 0.618. The van der Waals surface area contributed by atoms with Crippen LogP contribution < -0.4 is 0 Å². The van der Waals surface area contributed by atoms with Gasteiger partial charge in [-0.2, -0.15) is 5.10 Å². The molecular formula is C13H19N3O3. The van der Waals surface area contributed by atoms with Gasteiger partial charge in [-0.25, -0.2) is 0 Å². The third kappa shape index (κ3) is 2.62. The molecule has 0 bridgehead atoms. The Morgan fingerprint density at radius 2 is 2.26 bits per heavy atom. The average molecular weight is 265 g/mol. The lowest BCUT2D eigenvalue weighted by Gasteiger charge is -2.15. The summed E-state index contributed by atoms with van der Waals surface area (Å²) in [6.45, 7) is 3.00. The Balaban J connectivity index is 2.11. The number of aryl methyl sites for hydroxylation is 2. The summed E-state index contributed by atoms with van der Waals surface area (Å²) in [5.74, 6) is -0.482. The number of aromatic nitrogens is 2. The van der Waals surface area contributed by atoms with Gasteiger partial charge in [-0.15, -0.1) is 0 Å². The van der Waals surface area contributed by atoms with Crippen LogP contribution in [-0.2, 0) is 23.0 Å². The van der Waals surface area contributed by atoms with Crippen LogP contribution in [0.4, 0.5) is 0 Å². The Morgan fingerprint density at radius 3 is 2.89 bits per heavy atom. The molecule has 0 saturated carbocycles. The summed E-state index contributed by atoms with van der Waals surface area (Å²) in [6, 6.07) is 0. The zero-order valence-corrected chi connectivity index (χ0v) is 11.5. The van der Waals surface area contributed by atoms with E-state index in [0.29, 0.717) is 25.1 Å². The monoisotopic (exact) mass is 265 g/mol. The van der Waals surface area contributed by atoms with Crippen LogP contribution in [-0.4, -0.2) is 46.8 Å². The second kappa shape index (κ2) is 5.42. The molecule has 104 valence electrons. The highest BCUT2D eigenvalue weighted by atomic mass is 16.5. The summed E-state index contributed by atoms with van der Waals surface area (Å²) >= 11 is 0. The fraction of sp³-hybridized carbons (Fsp3) is 0.615. The van der Waals surface area contributed by atoms with Gasteiger partial charge in [-0.05, 0) is 12.8 Å². The van der Waals surface area contributed by atoms with Crippen molar-refractivity contribution >= 4 is 11.9 Å². The van der Waals surface area contributed by atoms with Crippen LogP contribution in [0.2, 0.25) is 0 Å². The standard InChI is InChI=1S/C13H19N3O3/c1-4-11-10(8-15(2)14-11)12(17)16-6-5-9(7-16)13(18)19-3/h8-9H,4-7H2,1-3H3. The smallest absolute Gasteiger partial charge is 0.310 e. The second-order valence-corrected chi connectivity index (χ2v) is 4.78. The van der Waals surface area contributed by atoms with Crippen molar-refractivity contribution in [2.24, 2.45) is 13.0 Å². The number of ether oxygens (including phenoxy) is 1. The van der Waals surface area contributed by atoms with Gasteiger partial charge in [-0.3, -0.25) is 14.3 Å². The zero-order chi connectivity index (χ0) is 14.0. The van der Waals surface area contributed by atoms with Gasteiger partial charge in [-0.1, -0.05) is 6.92 Å². The molecule has 1 saturated heterocycles. The molecule has 0 spiro atoms. The van der Waals surface area contributed by atoms with Crippen LogP contribution in [0.25, 0.3) is 0 Å². The molecule has 1 amide bonds. The summed E-state index contributed by atoms with van der Waals surface area (Å²) in [5, 5.41) is 4.27. The first-order chi connectivity index (χ1) is 9.06. The first kappa shape index (κ1) is 13.6. The number of carbonyl (C=O) groups excluding carboxylic acids is 2. The van der Waals surface area contributed by atoms with Crippen LogP contribution in [0, 0.1) is 5.92 Å². The van der Waals surface area contributed by atoms with E-state index in [-0.39, 0.29) is 17.8 Å². The highest BCUT2D eigenvalue weighted by Crippen LogP contribution is 2.21. The number of carbonyl (C=O) groups is 2. The van der Waals surface area contributed by atoms with E-state index >= 15 is 0 Å². The highest BCUT2D eigenvalue weighted by molar-refractivity contribution is 5.95. The molecule has 0 N–H and O–H groups in total. The number of likely N-dealkylation sites (tertiary alicyclic amines) is 1. The second-order valence-electron chi connectivity index (χ2n) is 4.78. The third-order valence-electron chi connectivity index (χ3n) is 3.48. The Labute approximate surface area is 112 Å². The van der Waals surface area contributed by atoms with E-state index in [0.717, 1.165) is 12.1 Å². The van der Waals surface area contributed by atoms with Crippen molar-refractivity contribution in [2.45, 2.75) is 19.8 Å². The van der Waals surface area contributed by atoms with Crippen molar-refractivity contribution in [3.63, 3.8) is 0 Å². The molecule has 2 heterocycles. The zero-order valence-electron chi connectivity index (χ0n) is 11.5. The van der Waals surface area contributed by atoms with Crippen LogP contribution >= 0.6 is 0 Å². The summed E-state index contributed by atoms with van der Waals surface area (Å²) in [5.41, 5.74) is 1.43. The number of hydrogen-bond donors (Lipinski definition) is 0. The fourth-order valence-corrected chi connectivity index (χ4v) is 2.45. The topological polar surface area (TPSA) is 64.4 Å². The van der Waals surface area contributed by atoms with E-state index in [2.05, 4.69) is 5.10 Å². The van der Waals surface area contributed by atoms with Gasteiger partial charge in [0, 0.05) is 26.3 Å². The largest absolute Gasteiger partial charge is 0.469 e. The van der Waals surface area contributed by atoms with Gasteiger partial charge in [0.2, 0.25) is 0 Å². The van der Waals surface area contributed by atoms with E-state index in [9.17, 15) is 9.59 Å². The quantitative estimate of drug-likeness (QED) is 0.751.